The van der Waals surface area contributed by atoms with E-state index in [4.69, 9.17) is 17.3 Å². The molecule has 3 nitrogen and oxygen atoms in total. The molecule has 0 radical (unpaired) electrons. The fraction of sp³-hybridized carbons (Fsp3) is 0.462. The van der Waals surface area contributed by atoms with E-state index >= 15 is 0 Å². The molecule has 0 spiro atoms. The van der Waals surface area contributed by atoms with E-state index in [2.05, 4.69) is 19.2 Å². The van der Waals surface area contributed by atoms with Crippen LogP contribution in [0.5, 0.6) is 0 Å². The van der Waals surface area contributed by atoms with Crippen LogP contribution in [0.25, 0.3) is 0 Å². The van der Waals surface area contributed by atoms with Crippen LogP contribution < -0.4 is 11.1 Å². The number of carbonyl (C=O) groups excluding carboxylic acids is 1. The smallest absolute Gasteiger partial charge is 0.251 e. The first kappa shape index (κ1) is 12.2. The zero-order chi connectivity index (χ0) is 12.6. The van der Waals surface area contributed by atoms with Gasteiger partial charge in [-0.05, 0) is 50.8 Å². The van der Waals surface area contributed by atoms with Crippen molar-refractivity contribution in [2.45, 2.75) is 32.2 Å². The first-order valence-corrected chi connectivity index (χ1v) is 6.15. The van der Waals surface area contributed by atoms with Gasteiger partial charge < -0.3 is 11.1 Å². The number of nitrogens with two attached hydrogens (primary N) is 1. The first-order chi connectivity index (χ1) is 7.90. The van der Waals surface area contributed by atoms with Crippen molar-refractivity contribution in [3.05, 3.63) is 28.8 Å². The van der Waals surface area contributed by atoms with Gasteiger partial charge in [-0.2, -0.15) is 0 Å². The molecule has 92 valence electrons. The number of rotatable bonds is 3. The monoisotopic (exact) mass is 252 g/mol. The van der Waals surface area contributed by atoms with Crippen LogP contribution in [0.1, 0.15) is 37.0 Å². The SMILES string of the molecule is CC(C)(NC(=O)c1ccc(N)c(Cl)c1)C1CC1. The molecule has 1 amide bonds. The molecule has 0 saturated heterocycles. The number of halogens is 1. The molecule has 0 atom stereocenters. The molecule has 1 saturated carbocycles. The summed E-state index contributed by atoms with van der Waals surface area (Å²) in [5, 5.41) is 3.46. The Kier molecular flexibility index (Phi) is 3.04. The molecule has 1 aliphatic carbocycles. The standard InChI is InChI=1S/C13H17ClN2O/c1-13(2,9-4-5-9)16-12(17)8-3-6-11(15)10(14)7-8/h3,6-7,9H,4-5,15H2,1-2H3,(H,16,17). The molecule has 0 heterocycles. The van der Waals surface area contributed by atoms with Gasteiger partial charge in [0.1, 0.15) is 0 Å². The number of amides is 1. The number of hydrogen-bond acceptors (Lipinski definition) is 2. The Labute approximate surface area is 106 Å². The lowest BCUT2D eigenvalue weighted by Crippen LogP contribution is -2.45. The third-order valence-electron chi connectivity index (χ3n) is 3.30. The van der Waals surface area contributed by atoms with E-state index in [1.165, 1.54) is 12.8 Å². The molecule has 3 N–H and O–H groups in total. The predicted octanol–water partition coefficient (Wildman–Crippen LogP) is 2.84. The lowest BCUT2D eigenvalue weighted by molar-refractivity contribution is 0.0903. The molecule has 0 bridgehead atoms. The van der Waals surface area contributed by atoms with Crippen LogP contribution >= 0.6 is 11.6 Å². The second-order valence-electron chi connectivity index (χ2n) is 5.19. The van der Waals surface area contributed by atoms with E-state index in [1.807, 2.05) is 0 Å². The van der Waals surface area contributed by atoms with E-state index in [1.54, 1.807) is 18.2 Å². The summed E-state index contributed by atoms with van der Waals surface area (Å²) < 4.78 is 0. The van der Waals surface area contributed by atoms with Gasteiger partial charge in [-0.1, -0.05) is 11.6 Å². The minimum absolute atomic E-state index is 0.0937. The molecule has 0 aromatic heterocycles. The molecular formula is C13H17ClN2O. The Morgan fingerprint density at radius 2 is 2.12 bits per heavy atom. The number of carbonyl (C=O) groups is 1. The van der Waals surface area contributed by atoms with Crippen molar-refractivity contribution in [1.29, 1.82) is 0 Å². The van der Waals surface area contributed by atoms with E-state index in [9.17, 15) is 4.79 Å². The van der Waals surface area contributed by atoms with Crippen LogP contribution in [-0.2, 0) is 0 Å². The lowest BCUT2D eigenvalue weighted by atomic mass is 9.98. The van der Waals surface area contributed by atoms with E-state index < -0.39 is 0 Å². The summed E-state index contributed by atoms with van der Waals surface area (Å²) in [7, 11) is 0. The molecule has 2 rings (SSSR count). The third-order valence-corrected chi connectivity index (χ3v) is 3.62. The topological polar surface area (TPSA) is 55.1 Å². The van der Waals surface area contributed by atoms with Gasteiger partial charge in [-0.15, -0.1) is 0 Å². The van der Waals surface area contributed by atoms with Crippen LogP contribution in [-0.4, -0.2) is 11.4 Å². The molecule has 4 heteroatoms. The van der Waals surface area contributed by atoms with Gasteiger partial charge >= 0.3 is 0 Å². The van der Waals surface area contributed by atoms with Crippen LogP contribution in [0.15, 0.2) is 18.2 Å². The third kappa shape index (κ3) is 2.72. The van der Waals surface area contributed by atoms with Crippen LogP contribution in [0.2, 0.25) is 5.02 Å². The van der Waals surface area contributed by atoms with Crippen molar-refractivity contribution < 1.29 is 4.79 Å². The average Bonchev–Trinajstić information content (AvgIpc) is 3.04. The van der Waals surface area contributed by atoms with Crippen molar-refractivity contribution in [3.63, 3.8) is 0 Å². The van der Waals surface area contributed by atoms with Gasteiger partial charge in [0, 0.05) is 11.1 Å². The summed E-state index contributed by atoms with van der Waals surface area (Å²) in [5.41, 5.74) is 6.51. The van der Waals surface area contributed by atoms with Gasteiger partial charge in [0.25, 0.3) is 5.91 Å². The lowest BCUT2D eigenvalue weighted by Gasteiger charge is -2.26. The quantitative estimate of drug-likeness (QED) is 0.813. The maximum Gasteiger partial charge on any atom is 0.251 e. The van der Waals surface area contributed by atoms with E-state index in [-0.39, 0.29) is 11.4 Å². The summed E-state index contributed by atoms with van der Waals surface area (Å²) >= 11 is 5.90. The molecule has 1 aromatic carbocycles. The van der Waals surface area contributed by atoms with E-state index in [0.717, 1.165) is 0 Å². The Hall–Kier alpha value is -1.22. The van der Waals surface area contributed by atoms with Gasteiger partial charge in [-0.3, -0.25) is 4.79 Å². The van der Waals surface area contributed by atoms with Gasteiger partial charge in [0.05, 0.1) is 10.7 Å². The van der Waals surface area contributed by atoms with Crippen LogP contribution in [0.3, 0.4) is 0 Å². The highest BCUT2D eigenvalue weighted by atomic mass is 35.5. The zero-order valence-electron chi connectivity index (χ0n) is 10.1. The Balaban J connectivity index is 2.11. The van der Waals surface area contributed by atoms with Crippen molar-refractivity contribution in [2.75, 3.05) is 5.73 Å². The molecule has 0 aliphatic heterocycles. The Morgan fingerprint density at radius 3 is 2.65 bits per heavy atom. The van der Waals surface area contributed by atoms with Gasteiger partial charge in [0.15, 0.2) is 0 Å². The van der Waals surface area contributed by atoms with E-state index in [0.29, 0.717) is 22.2 Å². The molecule has 0 unspecified atom stereocenters. The number of hydrogen-bond donors (Lipinski definition) is 2. The molecule has 1 fully saturated rings. The number of nitrogen functional groups attached to an aromatic ring is 1. The minimum Gasteiger partial charge on any atom is -0.398 e. The molecule has 1 aromatic rings. The predicted molar refractivity (Wildman–Crippen MR) is 70.1 cm³/mol. The average molecular weight is 253 g/mol. The second-order valence-corrected chi connectivity index (χ2v) is 5.59. The van der Waals surface area contributed by atoms with Crippen molar-refractivity contribution in [2.24, 2.45) is 5.92 Å². The minimum atomic E-state index is -0.148. The highest BCUT2D eigenvalue weighted by Gasteiger charge is 2.38. The van der Waals surface area contributed by atoms with Crippen LogP contribution in [0.4, 0.5) is 5.69 Å². The fourth-order valence-corrected chi connectivity index (χ4v) is 2.12. The molecule has 1 aliphatic rings. The van der Waals surface area contributed by atoms with Crippen molar-refractivity contribution in [1.82, 2.24) is 5.32 Å². The highest BCUT2D eigenvalue weighted by molar-refractivity contribution is 6.33. The van der Waals surface area contributed by atoms with Crippen LogP contribution in [0, 0.1) is 5.92 Å². The Bertz CT molecular complexity index is 453. The first-order valence-electron chi connectivity index (χ1n) is 5.77. The fourth-order valence-electron chi connectivity index (χ4n) is 1.94. The number of benzene rings is 1. The van der Waals surface area contributed by atoms with Gasteiger partial charge in [0.2, 0.25) is 0 Å². The summed E-state index contributed by atoms with van der Waals surface area (Å²) in [6.07, 6.45) is 2.38. The maximum absolute atomic E-state index is 12.0. The maximum atomic E-state index is 12.0. The molecular weight excluding hydrogens is 236 g/mol. The van der Waals surface area contributed by atoms with Crippen molar-refractivity contribution >= 4 is 23.2 Å². The normalized spacial score (nSPS) is 15.7. The number of anilines is 1. The summed E-state index contributed by atoms with van der Waals surface area (Å²) in [5.74, 6) is 0.500. The largest absolute Gasteiger partial charge is 0.398 e. The second kappa shape index (κ2) is 4.22. The van der Waals surface area contributed by atoms with Crippen molar-refractivity contribution in [3.8, 4) is 0 Å². The summed E-state index contributed by atoms with van der Waals surface area (Å²) in [4.78, 5) is 12.0. The van der Waals surface area contributed by atoms with Gasteiger partial charge in [-0.25, -0.2) is 0 Å². The molecule has 17 heavy (non-hydrogen) atoms. The Morgan fingerprint density at radius 1 is 1.47 bits per heavy atom. The summed E-state index contributed by atoms with van der Waals surface area (Å²) in [6, 6.07) is 4.95. The zero-order valence-corrected chi connectivity index (χ0v) is 10.8. The number of nitrogens with one attached hydrogen (secondary N) is 1. The summed E-state index contributed by atoms with van der Waals surface area (Å²) in [6.45, 7) is 4.11. The highest BCUT2D eigenvalue weighted by Crippen LogP contribution is 2.39.